The van der Waals surface area contributed by atoms with E-state index in [1.807, 2.05) is 5.43 Å². The van der Waals surface area contributed by atoms with Crippen molar-refractivity contribution >= 4 is 15.9 Å². The number of sulfonamides is 1. The first-order valence-electron chi connectivity index (χ1n) is 6.12. The van der Waals surface area contributed by atoms with Crippen LogP contribution in [0.4, 0.5) is 13.2 Å². The molecule has 0 aliphatic rings. The lowest BCUT2D eigenvalue weighted by molar-refractivity contribution is -0.275. The standard InChI is InChI=1S/C12H9F3N4O4S/c13-12(14,15)23-9-3-1-2-4-10(9)24(21,22)19-18-11(20)8-7-16-5-6-17-8/h1-7,19H,(H,18,20). The predicted molar refractivity (Wildman–Crippen MR) is 72.9 cm³/mol. The summed E-state index contributed by atoms with van der Waals surface area (Å²) in [6, 6.07) is 4.07. The molecule has 0 aliphatic heterocycles. The van der Waals surface area contributed by atoms with Crippen LogP contribution in [0.5, 0.6) is 5.75 Å². The first kappa shape index (κ1) is 17.6. The smallest absolute Gasteiger partial charge is 0.404 e. The molecular formula is C12H9F3N4O4S. The normalized spacial score (nSPS) is 11.8. The number of rotatable bonds is 5. The number of nitrogens with zero attached hydrogens (tertiary/aromatic N) is 2. The Morgan fingerprint density at radius 1 is 1.17 bits per heavy atom. The third-order valence-corrected chi connectivity index (χ3v) is 3.75. The number of nitrogens with one attached hydrogen (secondary N) is 2. The fraction of sp³-hybridized carbons (Fsp3) is 0.0833. The molecule has 0 saturated heterocycles. The van der Waals surface area contributed by atoms with Gasteiger partial charge in [-0.25, -0.2) is 13.4 Å². The maximum atomic E-state index is 12.3. The van der Waals surface area contributed by atoms with Crippen LogP contribution in [-0.4, -0.2) is 30.7 Å². The fourth-order valence-electron chi connectivity index (χ4n) is 1.53. The molecule has 0 atom stereocenters. The number of hydrazine groups is 1. The van der Waals surface area contributed by atoms with Gasteiger partial charge >= 0.3 is 6.36 Å². The number of carbonyl (C=O) groups is 1. The van der Waals surface area contributed by atoms with Gasteiger partial charge < -0.3 is 4.74 Å². The van der Waals surface area contributed by atoms with E-state index in [1.165, 1.54) is 18.5 Å². The molecule has 1 amide bonds. The van der Waals surface area contributed by atoms with Crippen LogP contribution in [0.3, 0.4) is 0 Å². The molecule has 0 aliphatic carbocycles. The lowest BCUT2D eigenvalue weighted by Crippen LogP contribution is -2.42. The van der Waals surface area contributed by atoms with Crippen molar-refractivity contribution in [3.63, 3.8) is 0 Å². The van der Waals surface area contributed by atoms with Crippen LogP contribution in [0.2, 0.25) is 0 Å². The zero-order valence-corrected chi connectivity index (χ0v) is 12.4. The van der Waals surface area contributed by atoms with Crippen LogP contribution < -0.4 is 15.0 Å². The van der Waals surface area contributed by atoms with Gasteiger partial charge in [-0.2, -0.15) is 0 Å². The van der Waals surface area contributed by atoms with Crippen molar-refractivity contribution < 1.29 is 31.1 Å². The average Bonchev–Trinajstić information content (AvgIpc) is 2.52. The highest BCUT2D eigenvalue weighted by atomic mass is 32.2. The molecule has 128 valence electrons. The molecule has 0 fully saturated rings. The zero-order valence-electron chi connectivity index (χ0n) is 11.6. The summed E-state index contributed by atoms with van der Waals surface area (Å²) in [6.07, 6.45) is -1.50. The van der Waals surface area contributed by atoms with Gasteiger partial charge in [0.05, 0.1) is 6.20 Å². The Balaban J connectivity index is 2.18. The van der Waals surface area contributed by atoms with Crippen molar-refractivity contribution in [2.75, 3.05) is 0 Å². The van der Waals surface area contributed by atoms with Crippen LogP contribution in [0.25, 0.3) is 0 Å². The largest absolute Gasteiger partial charge is 0.573 e. The Kier molecular flexibility index (Phi) is 4.99. The molecular weight excluding hydrogens is 353 g/mol. The van der Waals surface area contributed by atoms with Gasteiger partial charge in [-0.3, -0.25) is 15.2 Å². The van der Waals surface area contributed by atoms with Gasteiger partial charge in [-0.15, -0.1) is 18.0 Å². The highest BCUT2D eigenvalue weighted by Gasteiger charge is 2.34. The topological polar surface area (TPSA) is 110 Å². The lowest BCUT2D eigenvalue weighted by Gasteiger charge is -2.14. The molecule has 2 N–H and O–H groups in total. The second-order valence-electron chi connectivity index (χ2n) is 4.14. The molecule has 1 aromatic carbocycles. The number of hydrogen-bond donors (Lipinski definition) is 2. The van der Waals surface area contributed by atoms with Gasteiger partial charge in [0.1, 0.15) is 16.3 Å². The molecule has 24 heavy (non-hydrogen) atoms. The summed E-state index contributed by atoms with van der Waals surface area (Å²) in [5, 5.41) is 0. The van der Waals surface area contributed by atoms with E-state index in [9.17, 15) is 26.4 Å². The molecule has 2 rings (SSSR count). The summed E-state index contributed by atoms with van der Waals surface area (Å²) in [7, 11) is -4.52. The molecule has 1 heterocycles. The maximum Gasteiger partial charge on any atom is 0.573 e. The number of hydrogen-bond acceptors (Lipinski definition) is 6. The Bertz CT molecular complexity index is 828. The first-order valence-corrected chi connectivity index (χ1v) is 7.60. The van der Waals surface area contributed by atoms with Crippen molar-refractivity contribution in [1.29, 1.82) is 0 Å². The summed E-state index contributed by atoms with van der Waals surface area (Å²) in [6.45, 7) is 0. The molecule has 0 radical (unpaired) electrons. The van der Waals surface area contributed by atoms with Gasteiger partial charge in [0.15, 0.2) is 0 Å². The third kappa shape index (κ3) is 4.63. The summed E-state index contributed by atoms with van der Waals surface area (Å²) in [5.41, 5.74) is 1.62. The fourth-order valence-corrected chi connectivity index (χ4v) is 2.50. The predicted octanol–water partition coefficient (Wildman–Crippen LogP) is 0.998. The molecule has 0 spiro atoms. The molecule has 0 bridgehead atoms. The van der Waals surface area contributed by atoms with Crippen molar-refractivity contribution in [1.82, 2.24) is 20.2 Å². The van der Waals surface area contributed by atoms with Crippen LogP contribution in [0, 0.1) is 0 Å². The van der Waals surface area contributed by atoms with E-state index in [0.29, 0.717) is 0 Å². The minimum Gasteiger partial charge on any atom is -0.404 e. The molecule has 1 aromatic heterocycles. The molecule has 0 unspecified atom stereocenters. The van der Waals surface area contributed by atoms with Gasteiger partial charge in [0.2, 0.25) is 0 Å². The first-order chi connectivity index (χ1) is 11.2. The Hall–Kier alpha value is -2.73. The van der Waals surface area contributed by atoms with Crippen molar-refractivity contribution in [2.45, 2.75) is 11.3 Å². The van der Waals surface area contributed by atoms with Crippen molar-refractivity contribution in [3.8, 4) is 5.75 Å². The second-order valence-corrected chi connectivity index (χ2v) is 5.80. The molecule has 0 saturated carbocycles. The Labute approximate surface area is 133 Å². The Morgan fingerprint density at radius 3 is 2.50 bits per heavy atom. The Morgan fingerprint density at radius 2 is 1.88 bits per heavy atom. The van der Waals surface area contributed by atoms with E-state index in [4.69, 9.17) is 0 Å². The molecule has 8 nitrogen and oxygen atoms in total. The average molecular weight is 362 g/mol. The van der Waals surface area contributed by atoms with Crippen LogP contribution in [-0.2, 0) is 10.0 Å². The number of para-hydroxylation sites is 1. The summed E-state index contributed by atoms with van der Waals surface area (Å²) >= 11 is 0. The maximum absolute atomic E-state index is 12.3. The van der Waals surface area contributed by atoms with Crippen LogP contribution in [0.15, 0.2) is 47.8 Å². The highest BCUT2D eigenvalue weighted by molar-refractivity contribution is 7.89. The van der Waals surface area contributed by atoms with E-state index < -0.39 is 32.9 Å². The van der Waals surface area contributed by atoms with E-state index in [0.717, 1.165) is 24.4 Å². The van der Waals surface area contributed by atoms with E-state index >= 15 is 0 Å². The minimum atomic E-state index is -5.07. The molecule has 2 aromatic rings. The van der Waals surface area contributed by atoms with Gasteiger partial charge in [-0.1, -0.05) is 12.1 Å². The minimum absolute atomic E-state index is 0.194. The number of aromatic nitrogens is 2. The monoisotopic (exact) mass is 362 g/mol. The number of alkyl halides is 3. The number of carbonyl (C=O) groups excluding carboxylic acids is 1. The SMILES string of the molecule is O=C(NNS(=O)(=O)c1ccccc1OC(F)(F)F)c1cnccn1. The number of benzene rings is 1. The summed E-state index contributed by atoms with van der Waals surface area (Å²) in [4.78, 5) is 19.8. The summed E-state index contributed by atoms with van der Waals surface area (Å²) < 4.78 is 64.8. The summed E-state index contributed by atoms with van der Waals surface area (Å²) in [5.74, 6) is -1.88. The number of amides is 1. The lowest BCUT2D eigenvalue weighted by atomic mass is 10.3. The number of halogens is 3. The van der Waals surface area contributed by atoms with Crippen molar-refractivity contribution in [2.24, 2.45) is 0 Å². The van der Waals surface area contributed by atoms with Crippen LogP contribution in [0.1, 0.15) is 10.5 Å². The van der Waals surface area contributed by atoms with Gasteiger partial charge in [-0.05, 0) is 12.1 Å². The highest BCUT2D eigenvalue weighted by Crippen LogP contribution is 2.28. The number of ether oxygens (including phenoxy) is 1. The quantitative estimate of drug-likeness (QED) is 0.768. The van der Waals surface area contributed by atoms with Gasteiger partial charge in [0, 0.05) is 12.4 Å². The van der Waals surface area contributed by atoms with Crippen molar-refractivity contribution in [3.05, 3.63) is 48.5 Å². The third-order valence-electron chi connectivity index (χ3n) is 2.46. The second kappa shape index (κ2) is 6.80. The molecule has 12 heteroatoms. The van der Waals surface area contributed by atoms with Gasteiger partial charge in [0.25, 0.3) is 15.9 Å². The van der Waals surface area contributed by atoms with E-state index in [-0.39, 0.29) is 5.69 Å². The van der Waals surface area contributed by atoms with E-state index in [1.54, 1.807) is 4.83 Å². The van der Waals surface area contributed by atoms with Crippen LogP contribution >= 0.6 is 0 Å². The van der Waals surface area contributed by atoms with E-state index in [2.05, 4.69) is 14.7 Å². The zero-order chi connectivity index (χ0) is 17.8.